The van der Waals surface area contributed by atoms with Gasteiger partial charge in [-0.3, -0.25) is 0 Å². The summed E-state index contributed by atoms with van der Waals surface area (Å²) < 4.78 is 1.04. The fraction of sp³-hybridized carbons (Fsp3) is 0. The molecule has 3 aromatic heterocycles. The molecular formula is C38H25BrN4. The molecule has 0 aliphatic carbocycles. The summed E-state index contributed by atoms with van der Waals surface area (Å²) in [6.07, 6.45) is 8.37. The van der Waals surface area contributed by atoms with Gasteiger partial charge < -0.3 is 9.97 Å². The number of hydrogen-bond donors (Lipinski definition) is 2. The number of hydrogen-bond acceptors (Lipinski definition) is 2. The molecule has 8 bridgehead atoms. The molecule has 6 aromatic rings. The van der Waals surface area contributed by atoms with Crippen molar-refractivity contribution in [3.63, 3.8) is 0 Å². The molecule has 5 heteroatoms. The van der Waals surface area contributed by atoms with Crippen molar-refractivity contribution in [2.45, 2.75) is 0 Å². The number of halogens is 1. The van der Waals surface area contributed by atoms with Crippen LogP contribution in [0.2, 0.25) is 0 Å². The average Bonchev–Trinajstić information content (AvgIpc) is 3.85. The number of rotatable bonds is 3. The van der Waals surface area contributed by atoms with Crippen molar-refractivity contribution in [1.29, 1.82) is 0 Å². The first-order valence-electron chi connectivity index (χ1n) is 14.2. The standard InChI is InChI=1S/C38H25BrN4/c39-27-13-11-24(12-14-27)32-23-31-22-30-16-19-34(41-30)36(25-7-3-1-4-8-25)33-18-15-28(40-33)21-29-17-20-35(42-29)37(38(32)43-31)26-9-5-2-6-10-26/h1-23,40,43H. The Labute approximate surface area is 257 Å². The lowest BCUT2D eigenvalue weighted by Crippen LogP contribution is -1.87. The summed E-state index contributed by atoms with van der Waals surface area (Å²) in [5.74, 6) is 0. The molecule has 0 atom stereocenters. The molecule has 2 aliphatic rings. The van der Waals surface area contributed by atoms with E-state index in [2.05, 4.69) is 153 Å². The zero-order valence-corrected chi connectivity index (χ0v) is 24.6. The van der Waals surface area contributed by atoms with Crippen molar-refractivity contribution in [3.05, 3.63) is 143 Å². The van der Waals surface area contributed by atoms with E-state index < -0.39 is 0 Å². The highest BCUT2D eigenvalue weighted by Crippen LogP contribution is 2.37. The highest BCUT2D eigenvalue weighted by molar-refractivity contribution is 9.10. The first-order chi connectivity index (χ1) is 21.2. The van der Waals surface area contributed by atoms with Gasteiger partial charge in [-0.1, -0.05) is 88.7 Å². The summed E-state index contributed by atoms with van der Waals surface area (Å²) in [5.41, 5.74) is 14.1. The maximum atomic E-state index is 5.13. The third-order valence-corrected chi connectivity index (χ3v) is 8.32. The van der Waals surface area contributed by atoms with Gasteiger partial charge in [-0.25, -0.2) is 9.97 Å². The van der Waals surface area contributed by atoms with Crippen LogP contribution in [0, 0.1) is 0 Å². The van der Waals surface area contributed by atoms with Gasteiger partial charge >= 0.3 is 0 Å². The van der Waals surface area contributed by atoms with Crippen molar-refractivity contribution in [3.8, 4) is 33.4 Å². The lowest BCUT2D eigenvalue weighted by atomic mass is 9.99. The number of benzene rings is 3. The summed E-state index contributed by atoms with van der Waals surface area (Å²) in [6, 6.07) is 40.0. The zero-order valence-electron chi connectivity index (χ0n) is 23.1. The van der Waals surface area contributed by atoms with Gasteiger partial charge in [0.1, 0.15) is 0 Å². The van der Waals surface area contributed by atoms with Crippen LogP contribution in [0.1, 0.15) is 22.8 Å². The van der Waals surface area contributed by atoms with Gasteiger partial charge in [0, 0.05) is 37.7 Å². The van der Waals surface area contributed by atoms with Crippen LogP contribution in [0.5, 0.6) is 0 Å². The molecule has 0 spiro atoms. The van der Waals surface area contributed by atoms with E-state index in [1.165, 1.54) is 0 Å². The first kappa shape index (κ1) is 25.5. The van der Waals surface area contributed by atoms with Gasteiger partial charge in [0.25, 0.3) is 0 Å². The number of fused-ring (bicyclic) bond motifs is 8. The van der Waals surface area contributed by atoms with Crippen molar-refractivity contribution >= 4 is 62.3 Å². The van der Waals surface area contributed by atoms with Crippen LogP contribution in [0.3, 0.4) is 0 Å². The number of H-pyrrole nitrogens is 2. The van der Waals surface area contributed by atoms with Crippen LogP contribution in [0.25, 0.3) is 79.8 Å². The van der Waals surface area contributed by atoms with E-state index >= 15 is 0 Å². The van der Waals surface area contributed by atoms with Crippen molar-refractivity contribution in [1.82, 2.24) is 19.9 Å². The van der Waals surface area contributed by atoms with E-state index in [9.17, 15) is 0 Å². The Hall–Kier alpha value is -5.26. The first-order valence-corrected chi connectivity index (χ1v) is 15.0. The maximum Gasteiger partial charge on any atom is 0.0737 e. The number of nitrogens with one attached hydrogen (secondary N) is 2. The predicted molar refractivity (Wildman–Crippen MR) is 183 cm³/mol. The summed E-state index contributed by atoms with van der Waals surface area (Å²) >= 11 is 3.60. The predicted octanol–water partition coefficient (Wildman–Crippen LogP) is 10.4. The molecule has 2 aliphatic heterocycles. The Kier molecular flexibility index (Phi) is 6.24. The fourth-order valence-electron chi connectivity index (χ4n) is 5.83. The third kappa shape index (κ3) is 4.84. The zero-order chi connectivity index (χ0) is 28.8. The Morgan fingerprint density at radius 3 is 1.77 bits per heavy atom. The van der Waals surface area contributed by atoms with E-state index in [4.69, 9.17) is 9.97 Å². The van der Waals surface area contributed by atoms with Crippen LogP contribution < -0.4 is 0 Å². The van der Waals surface area contributed by atoms with Gasteiger partial charge in [0.15, 0.2) is 0 Å². The van der Waals surface area contributed by atoms with E-state index in [0.717, 1.165) is 82.7 Å². The summed E-state index contributed by atoms with van der Waals surface area (Å²) in [4.78, 5) is 17.6. The van der Waals surface area contributed by atoms with Crippen LogP contribution in [-0.4, -0.2) is 19.9 Å². The number of nitrogens with zero attached hydrogens (tertiary/aromatic N) is 2. The quantitative estimate of drug-likeness (QED) is 0.207. The lowest BCUT2D eigenvalue weighted by Gasteiger charge is -2.07. The average molecular weight is 618 g/mol. The highest BCUT2D eigenvalue weighted by atomic mass is 79.9. The minimum atomic E-state index is 0.888. The minimum absolute atomic E-state index is 0.888. The second kappa shape index (κ2) is 10.5. The largest absolute Gasteiger partial charge is 0.355 e. The van der Waals surface area contributed by atoms with E-state index in [1.807, 2.05) is 12.1 Å². The van der Waals surface area contributed by atoms with E-state index in [1.54, 1.807) is 0 Å². The smallest absolute Gasteiger partial charge is 0.0737 e. The highest BCUT2D eigenvalue weighted by Gasteiger charge is 2.16. The van der Waals surface area contributed by atoms with Crippen molar-refractivity contribution in [2.75, 3.05) is 0 Å². The van der Waals surface area contributed by atoms with Gasteiger partial charge in [0.2, 0.25) is 0 Å². The third-order valence-electron chi connectivity index (χ3n) is 7.79. The molecule has 43 heavy (non-hydrogen) atoms. The minimum Gasteiger partial charge on any atom is -0.355 e. The Morgan fingerprint density at radius 1 is 0.488 bits per heavy atom. The van der Waals surface area contributed by atoms with Gasteiger partial charge in [-0.2, -0.15) is 0 Å². The van der Waals surface area contributed by atoms with Crippen molar-refractivity contribution < 1.29 is 0 Å². The van der Waals surface area contributed by atoms with Crippen LogP contribution in [0.15, 0.2) is 120 Å². The topological polar surface area (TPSA) is 57.4 Å². The molecule has 0 saturated carbocycles. The van der Waals surface area contributed by atoms with E-state index in [0.29, 0.717) is 0 Å². The van der Waals surface area contributed by atoms with Crippen molar-refractivity contribution in [2.24, 2.45) is 0 Å². The molecule has 0 unspecified atom stereocenters. The number of aromatic nitrogens is 4. The van der Waals surface area contributed by atoms with Gasteiger partial charge in [-0.05, 0) is 83.5 Å². The molecule has 4 nitrogen and oxygen atoms in total. The maximum absolute atomic E-state index is 5.13. The fourth-order valence-corrected chi connectivity index (χ4v) is 6.10. The normalized spacial score (nSPS) is 12.1. The summed E-state index contributed by atoms with van der Waals surface area (Å²) in [6.45, 7) is 0. The molecule has 3 aromatic carbocycles. The van der Waals surface area contributed by atoms with E-state index in [-0.39, 0.29) is 0 Å². The molecule has 8 rings (SSSR count). The van der Waals surface area contributed by atoms with Gasteiger partial charge in [-0.15, -0.1) is 0 Å². The second-order valence-corrected chi connectivity index (χ2v) is 11.5. The lowest BCUT2D eigenvalue weighted by molar-refractivity contribution is 1.31. The molecule has 2 N–H and O–H groups in total. The van der Waals surface area contributed by atoms with Crippen LogP contribution in [-0.2, 0) is 0 Å². The van der Waals surface area contributed by atoms with Gasteiger partial charge in [0.05, 0.1) is 28.3 Å². The second-order valence-electron chi connectivity index (χ2n) is 10.6. The SMILES string of the molecule is Brc1ccc(-c2cc3cc4nc(c(-c5ccccc5)c5ccc(cc6nc(c(-c7ccccc7)c2[nH]3)C=C6)[nH]5)C=C4)cc1. The Bertz CT molecular complexity index is 2220. The summed E-state index contributed by atoms with van der Waals surface area (Å²) in [5, 5.41) is 0. The Morgan fingerprint density at radius 2 is 1.09 bits per heavy atom. The Balaban J connectivity index is 1.51. The van der Waals surface area contributed by atoms with Crippen LogP contribution in [0.4, 0.5) is 0 Å². The molecule has 0 saturated heterocycles. The molecule has 0 fully saturated rings. The molecule has 0 radical (unpaired) electrons. The molecule has 0 amide bonds. The summed E-state index contributed by atoms with van der Waals surface area (Å²) in [7, 11) is 0. The molecule has 204 valence electrons. The molecular weight excluding hydrogens is 592 g/mol. The molecule has 5 heterocycles. The monoisotopic (exact) mass is 616 g/mol. The van der Waals surface area contributed by atoms with Crippen LogP contribution >= 0.6 is 15.9 Å². The number of aromatic amines is 2.